The van der Waals surface area contributed by atoms with Crippen molar-refractivity contribution in [2.75, 3.05) is 44.7 Å². The summed E-state index contributed by atoms with van der Waals surface area (Å²) in [5.41, 5.74) is 18.3. The van der Waals surface area contributed by atoms with Gasteiger partial charge < -0.3 is 37.1 Å². The fourth-order valence-corrected chi connectivity index (χ4v) is 3.36. The fraction of sp³-hybridized carbons (Fsp3) is 0.450. The zero-order valence-electron chi connectivity index (χ0n) is 17.0. The van der Waals surface area contributed by atoms with Crippen molar-refractivity contribution in [3.63, 3.8) is 0 Å². The molecule has 0 atom stereocenters. The number of morpholine rings is 1. The van der Waals surface area contributed by atoms with E-state index in [1.54, 1.807) is 29.2 Å². The molecular formula is C20H29N7O3. The fourth-order valence-electron chi connectivity index (χ4n) is 3.36. The quantitative estimate of drug-likeness (QED) is 0.300. The Morgan fingerprint density at radius 3 is 2.13 bits per heavy atom. The lowest BCUT2D eigenvalue weighted by molar-refractivity contribution is -0.114. The summed E-state index contributed by atoms with van der Waals surface area (Å²) < 4.78 is 5.28. The topological polar surface area (TPSA) is 152 Å². The minimum absolute atomic E-state index is 0.0513. The van der Waals surface area contributed by atoms with Crippen molar-refractivity contribution in [1.29, 1.82) is 0 Å². The summed E-state index contributed by atoms with van der Waals surface area (Å²) in [6.45, 7) is 3.84. The van der Waals surface area contributed by atoms with Crippen LogP contribution in [0.3, 0.4) is 0 Å². The van der Waals surface area contributed by atoms with Crippen LogP contribution in [0.4, 0.5) is 5.69 Å². The standard InChI is InChI=1S/C20H29N7O3/c21-16(17(22)28)18(25-20(23)27-8-2-1-3-9-27)24-15-6-4-14(5-7-15)19(29)26-10-12-30-13-11-26/h4-7,24H,1-3,8-13,21H2,(H2,22,28)(H2,23,25)/b18-16-. The van der Waals surface area contributed by atoms with Crippen LogP contribution in [0.15, 0.2) is 40.8 Å². The van der Waals surface area contributed by atoms with Crippen LogP contribution in [0.5, 0.6) is 0 Å². The van der Waals surface area contributed by atoms with Gasteiger partial charge in [0.15, 0.2) is 11.8 Å². The molecule has 0 spiro atoms. The van der Waals surface area contributed by atoms with Crippen molar-refractivity contribution in [2.24, 2.45) is 22.2 Å². The molecule has 0 saturated carbocycles. The van der Waals surface area contributed by atoms with Crippen LogP contribution in [-0.2, 0) is 9.53 Å². The first kappa shape index (κ1) is 21.4. The van der Waals surface area contributed by atoms with E-state index in [2.05, 4.69) is 10.3 Å². The maximum atomic E-state index is 12.6. The third kappa shape index (κ3) is 5.41. The van der Waals surface area contributed by atoms with Gasteiger partial charge in [0, 0.05) is 37.4 Å². The average molecular weight is 415 g/mol. The molecular weight excluding hydrogens is 386 g/mol. The number of nitrogens with zero attached hydrogens (tertiary/aromatic N) is 3. The predicted octanol–water partition coefficient (Wildman–Crippen LogP) is -0.0154. The Balaban J connectivity index is 1.75. The van der Waals surface area contributed by atoms with Crippen LogP contribution in [-0.4, -0.2) is 67.0 Å². The number of hydrogen-bond donors (Lipinski definition) is 4. The van der Waals surface area contributed by atoms with Gasteiger partial charge in [-0.25, -0.2) is 0 Å². The van der Waals surface area contributed by atoms with E-state index in [1.165, 1.54) is 0 Å². The van der Waals surface area contributed by atoms with E-state index in [-0.39, 0.29) is 23.4 Å². The number of nitrogens with two attached hydrogens (primary N) is 3. The number of anilines is 1. The largest absolute Gasteiger partial charge is 0.391 e. The lowest BCUT2D eigenvalue weighted by atomic mass is 10.1. The number of carbonyl (C=O) groups is 2. The van der Waals surface area contributed by atoms with E-state index in [4.69, 9.17) is 21.9 Å². The highest BCUT2D eigenvalue weighted by molar-refractivity contribution is 5.95. The second kappa shape index (κ2) is 9.97. The first-order valence-electron chi connectivity index (χ1n) is 10.1. The number of nitrogens with one attached hydrogen (secondary N) is 1. The first-order valence-corrected chi connectivity index (χ1v) is 10.1. The molecule has 3 rings (SSSR count). The van der Waals surface area contributed by atoms with Crippen LogP contribution in [0.1, 0.15) is 29.6 Å². The molecule has 30 heavy (non-hydrogen) atoms. The molecule has 10 heteroatoms. The van der Waals surface area contributed by atoms with Crippen molar-refractivity contribution < 1.29 is 14.3 Å². The van der Waals surface area contributed by atoms with Crippen LogP contribution < -0.4 is 22.5 Å². The van der Waals surface area contributed by atoms with E-state index >= 15 is 0 Å². The Bertz CT molecular complexity index is 823. The molecule has 0 bridgehead atoms. The van der Waals surface area contributed by atoms with Crippen LogP contribution in [0.2, 0.25) is 0 Å². The molecule has 1 aromatic rings. The molecule has 2 saturated heterocycles. The third-order valence-corrected chi connectivity index (χ3v) is 5.12. The highest BCUT2D eigenvalue weighted by Gasteiger charge is 2.19. The van der Waals surface area contributed by atoms with Crippen LogP contribution >= 0.6 is 0 Å². The lowest BCUT2D eigenvalue weighted by Crippen LogP contribution is -2.41. The molecule has 2 fully saturated rings. The van der Waals surface area contributed by atoms with E-state index in [9.17, 15) is 9.59 Å². The maximum absolute atomic E-state index is 12.6. The normalized spacial score (nSPS) is 18.6. The summed E-state index contributed by atoms with van der Waals surface area (Å²) in [4.78, 5) is 32.2. The summed E-state index contributed by atoms with van der Waals surface area (Å²) in [6, 6.07) is 6.84. The second-order valence-corrected chi connectivity index (χ2v) is 7.25. The second-order valence-electron chi connectivity index (χ2n) is 7.25. The molecule has 0 unspecified atom stereocenters. The molecule has 0 aliphatic carbocycles. The number of carbonyl (C=O) groups excluding carboxylic acids is 2. The lowest BCUT2D eigenvalue weighted by Gasteiger charge is -2.27. The Hall–Kier alpha value is -3.27. The first-order chi connectivity index (χ1) is 14.5. The predicted molar refractivity (Wildman–Crippen MR) is 114 cm³/mol. The minimum Gasteiger partial charge on any atom is -0.391 e. The van der Waals surface area contributed by atoms with Gasteiger partial charge in [0.1, 0.15) is 5.70 Å². The number of amides is 2. The van der Waals surface area contributed by atoms with Crippen molar-refractivity contribution in [3.8, 4) is 0 Å². The number of likely N-dealkylation sites (tertiary alicyclic amines) is 1. The van der Waals surface area contributed by atoms with Crippen LogP contribution in [0, 0.1) is 0 Å². The number of primary amides is 1. The molecule has 2 aliphatic rings. The van der Waals surface area contributed by atoms with Gasteiger partial charge in [-0.2, -0.15) is 4.99 Å². The number of benzene rings is 1. The van der Waals surface area contributed by atoms with E-state index in [0.717, 1.165) is 32.4 Å². The Kier molecular flexibility index (Phi) is 7.12. The minimum atomic E-state index is -0.799. The van der Waals surface area contributed by atoms with Gasteiger partial charge in [-0.15, -0.1) is 0 Å². The van der Waals surface area contributed by atoms with Crippen molar-refractivity contribution in [3.05, 3.63) is 41.3 Å². The summed E-state index contributed by atoms with van der Waals surface area (Å²) in [7, 11) is 0. The van der Waals surface area contributed by atoms with Gasteiger partial charge in [-0.1, -0.05) is 0 Å². The number of rotatable bonds is 5. The molecule has 162 valence electrons. The molecule has 1 aromatic carbocycles. The Labute approximate surface area is 175 Å². The molecule has 7 N–H and O–H groups in total. The number of piperidine rings is 1. The number of aliphatic imine (C=N–C) groups is 1. The van der Waals surface area contributed by atoms with Crippen molar-refractivity contribution in [1.82, 2.24) is 9.80 Å². The zero-order valence-corrected chi connectivity index (χ0v) is 17.0. The van der Waals surface area contributed by atoms with Gasteiger partial charge in [0.2, 0.25) is 0 Å². The molecule has 0 aromatic heterocycles. The molecule has 2 heterocycles. The highest BCUT2D eigenvalue weighted by Crippen LogP contribution is 2.16. The monoisotopic (exact) mass is 415 g/mol. The summed E-state index contributed by atoms with van der Waals surface area (Å²) in [5.74, 6) is -0.491. The van der Waals surface area contributed by atoms with Gasteiger partial charge in [-0.05, 0) is 43.5 Å². The van der Waals surface area contributed by atoms with Gasteiger partial charge >= 0.3 is 0 Å². The van der Waals surface area contributed by atoms with Gasteiger partial charge in [0.05, 0.1) is 13.2 Å². The number of ether oxygens (including phenoxy) is 1. The Morgan fingerprint density at radius 2 is 1.53 bits per heavy atom. The molecule has 2 aliphatic heterocycles. The molecule has 10 nitrogen and oxygen atoms in total. The van der Waals surface area contributed by atoms with E-state index in [0.29, 0.717) is 37.6 Å². The SMILES string of the molecule is NC(=O)/C(N)=C(/N=C(\N)N1CCCCC1)Nc1ccc(C(=O)N2CCOCC2)cc1. The summed E-state index contributed by atoms with van der Waals surface area (Å²) in [6.07, 6.45) is 3.23. The van der Waals surface area contributed by atoms with Gasteiger partial charge in [-0.3, -0.25) is 9.59 Å². The molecule has 0 radical (unpaired) electrons. The maximum Gasteiger partial charge on any atom is 0.268 e. The van der Waals surface area contributed by atoms with E-state index < -0.39 is 5.91 Å². The van der Waals surface area contributed by atoms with Gasteiger partial charge in [0.25, 0.3) is 11.8 Å². The number of guanidine groups is 1. The zero-order chi connectivity index (χ0) is 21.5. The smallest absolute Gasteiger partial charge is 0.268 e. The Morgan fingerprint density at radius 1 is 0.900 bits per heavy atom. The van der Waals surface area contributed by atoms with Crippen molar-refractivity contribution in [2.45, 2.75) is 19.3 Å². The van der Waals surface area contributed by atoms with Crippen LogP contribution in [0.25, 0.3) is 0 Å². The molecule has 2 amide bonds. The van der Waals surface area contributed by atoms with E-state index in [1.807, 2.05) is 4.90 Å². The summed E-state index contributed by atoms with van der Waals surface area (Å²) >= 11 is 0. The van der Waals surface area contributed by atoms with Crippen molar-refractivity contribution >= 4 is 23.5 Å². The number of hydrogen-bond acceptors (Lipinski definition) is 6. The third-order valence-electron chi connectivity index (χ3n) is 5.12. The summed E-state index contributed by atoms with van der Waals surface area (Å²) in [5, 5.41) is 2.99. The average Bonchev–Trinajstić information content (AvgIpc) is 2.79. The highest BCUT2D eigenvalue weighted by atomic mass is 16.5.